The summed E-state index contributed by atoms with van der Waals surface area (Å²) in [6.45, 7) is 9.58. The molecule has 13 heavy (non-hydrogen) atoms. The van der Waals surface area contributed by atoms with Gasteiger partial charge < -0.3 is 0 Å². The lowest BCUT2D eigenvalue weighted by Gasteiger charge is -2.03. The Bertz CT molecular complexity index is 318. The van der Waals surface area contributed by atoms with Crippen molar-refractivity contribution >= 4 is 5.57 Å². The number of rotatable bonds is 3. The Morgan fingerprint density at radius 2 is 1.62 bits per heavy atom. The molecule has 0 amide bonds. The van der Waals surface area contributed by atoms with E-state index in [1.165, 1.54) is 11.1 Å². The topological polar surface area (TPSA) is 0 Å². The second-order valence-corrected chi connectivity index (χ2v) is 2.85. The van der Waals surface area contributed by atoms with E-state index in [2.05, 4.69) is 32.2 Å². The third-order valence-electron chi connectivity index (χ3n) is 2.08. The molecule has 0 saturated carbocycles. The zero-order valence-electron chi connectivity index (χ0n) is 7.96. The zero-order chi connectivity index (χ0) is 9.68. The number of hydrogen-bond acceptors (Lipinski definition) is 0. The Morgan fingerprint density at radius 3 is 2.08 bits per heavy atom. The van der Waals surface area contributed by atoms with Crippen LogP contribution in [0.2, 0.25) is 0 Å². The molecule has 0 fully saturated rings. The van der Waals surface area contributed by atoms with E-state index in [1.54, 1.807) is 0 Å². The van der Waals surface area contributed by atoms with E-state index >= 15 is 0 Å². The predicted octanol–water partition coefficient (Wildman–Crippen LogP) is 3.83. The fourth-order valence-corrected chi connectivity index (χ4v) is 1.24. The molecule has 0 atom stereocenters. The van der Waals surface area contributed by atoms with Crippen molar-refractivity contribution in [2.75, 3.05) is 0 Å². The standard InChI is InChI=1S/C13H14/c1-4-12(5-2)11(3)13-9-7-6-8-10-13/h4-10H,1-2H2,3H3. The molecule has 0 heterocycles. The molecular weight excluding hydrogens is 156 g/mol. The summed E-state index contributed by atoms with van der Waals surface area (Å²) >= 11 is 0. The van der Waals surface area contributed by atoms with Gasteiger partial charge >= 0.3 is 0 Å². The highest BCUT2D eigenvalue weighted by Crippen LogP contribution is 2.18. The average molecular weight is 170 g/mol. The molecule has 0 saturated heterocycles. The normalized spacial score (nSPS) is 9.00. The summed E-state index contributed by atoms with van der Waals surface area (Å²) in [6, 6.07) is 10.2. The first-order chi connectivity index (χ1) is 6.29. The Kier molecular flexibility index (Phi) is 3.27. The number of allylic oxidation sites excluding steroid dienone is 4. The van der Waals surface area contributed by atoms with E-state index in [0.717, 1.165) is 5.57 Å². The van der Waals surface area contributed by atoms with E-state index < -0.39 is 0 Å². The van der Waals surface area contributed by atoms with E-state index in [4.69, 9.17) is 0 Å². The average Bonchev–Trinajstić information content (AvgIpc) is 2.21. The molecule has 0 aromatic heterocycles. The van der Waals surface area contributed by atoms with Crippen molar-refractivity contribution in [1.82, 2.24) is 0 Å². The van der Waals surface area contributed by atoms with Crippen LogP contribution in [0.3, 0.4) is 0 Å². The Labute approximate surface area is 79.9 Å². The van der Waals surface area contributed by atoms with Crippen LogP contribution in [0.4, 0.5) is 0 Å². The summed E-state index contributed by atoms with van der Waals surface area (Å²) in [5, 5.41) is 0. The fraction of sp³-hybridized carbons (Fsp3) is 0.0769. The van der Waals surface area contributed by atoms with Crippen molar-refractivity contribution in [2.24, 2.45) is 0 Å². The molecule has 0 spiro atoms. The minimum absolute atomic E-state index is 1.09. The number of benzene rings is 1. The second kappa shape index (κ2) is 4.46. The van der Waals surface area contributed by atoms with Gasteiger partial charge in [0, 0.05) is 0 Å². The minimum atomic E-state index is 1.09. The fourth-order valence-electron chi connectivity index (χ4n) is 1.24. The molecule has 66 valence electrons. The largest absolute Gasteiger partial charge is 0.0985 e. The van der Waals surface area contributed by atoms with Crippen molar-refractivity contribution in [3.8, 4) is 0 Å². The first-order valence-corrected chi connectivity index (χ1v) is 4.30. The molecule has 1 rings (SSSR count). The van der Waals surface area contributed by atoms with Gasteiger partial charge in [0.15, 0.2) is 0 Å². The van der Waals surface area contributed by atoms with Crippen LogP contribution < -0.4 is 0 Å². The van der Waals surface area contributed by atoms with Gasteiger partial charge in [-0.2, -0.15) is 0 Å². The van der Waals surface area contributed by atoms with Crippen LogP contribution in [0.5, 0.6) is 0 Å². The molecule has 0 heteroatoms. The molecule has 0 nitrogen and oxygen atoms in total. The predicted molar refractivity (Wildman–Crippen MR) is 59.4 cm³/mol. The molecule has 0 unspecified atom stereocenters. The van der Waals surface area contributed by atoms with Crippen LogP contribution in [-0.4, -0.2) is 0 Å². The van der Waals surface area contributed by atoms with Crippen LogP contribution in [0.15, 0.2) is 61.2 Å². The van der Waals surface area contributed by atoms with Gasteiger partial charge in [-0.1, -0.05) is 55.6 Å². The van der Waals surface area contributed by atoms with Gasteiger partial charge in [0.05, 0.1) is 0 Å². The monoisotopic (exact) mass is 170 g/mol. The van der Waals surface area contributed by atoms with Crippen LogP contribution in [0.25, 0.3) is 5.57 Å². The Hall–Kier alpha value is -1.56. The van der Waals surface area contributed by atoms with Crippen LogP contribution in [0.1, 0.15) is 12.5 Å². The molecule has 0 aliphatic heterocycles. The highest BCUT2D eigenvalue weighted by molar-refractivity contribution is 5.71. The highest BCUT2D eigenvalue weighted by atomic mass is 14.0. The Morgan fingerprint density at radius 1 is 1.08 bits per heavy atom. The van der Waals surface area contributed by atoms with Crippen molar-refractivity contribution in [3.05, 3.63) is 66.8 Å². The summed E-state index contributed by atoms with van der Waals surface area (Å²) in [4.78, 5) is 0. The summed E-state index contributed by atoms with van der Waals surface area (Å²) in [7, 11) is 0. The first-order valence-electron chi connectivity index (χ1n) is 4.30. The van der Waals surface area contributed by atoms with Crippen molar-refractivity contribution in [1.29, 1.82) is 0 Å². The summed E-state index contributed by atoms with van der Waals surface area (Å²) in [6.07, 6.45) is 3.66. The summed E-state index contributed by atoms with van der Waals surface area (Å²) in [5.41, 5.74) is 3.52. The molecule has 1 aromatic rings. The van der Waals surface area contributed by atoms with Gasteiger partial charge in [-0.3, -0.25) is 0 Å². The molecule has 0 N–H and O–H groups in total. The lowest BCUT2D eigenvalue weighted by Crippen LogP contribution is -1.82. The third kappa shape index (κ3) is 2.19. The van der Waals surface area contributed by atoms with Gasteiger partial charge in [-0.15, -0.1) is 0 Å². The first kappa shape index (κ1) is 9.53. The Balaban J connectivity index is 3.15. The van der Waals surface area contributed by atoms with Crippen LogP contribution in [-0.2, 0) is 0 Å². The van der Waals surface area contributed by atoms with Gasteiger partial charge in [0.1, 0.15) is 0 Å². The molecule has 0 bridgehead atoms. The van der Waals surface area contributed by atoms with E-state index in [-0.39, 0.29) is 0 Å². The van der Waals surface area contributed by atoms with Gasteiger partial charge in [-0.25, -0.2) is 0 Å². The van der Waals surface area contributed by atoms with Gasteiger partial charge in [-0.05, 0) is 23.6 Å². The van der Waals surface area contributed by atoms with Crippen LogP contribution in [0, 0.1) is 0 Å². The van der Waals surface area contributed by atoms with Crippen LogP contribution >= 0.6 is 0 Å². The quantitative estimate of drug-likeness (QED) is 0.605. The van der Waals surface area contributed by atoms with E-state index in [0.29, 0.717) is 0 Å². The van der Waals surface area contributed by atoms with Crippen molar-refractivity contribution in [3.63, 3.8) is 0 Å². The molecule has 1 aromatic carbocycles. The maximum absolute atomic E-state index is 3.75. The van der Waals surface area contributed by atoms with Gasteiger partial charge in [0.2, 0.25) is 0 Å². The lowest BCUT2D eigenvalue weighted by molar-refractivity contribution is 1.53. The summed E-state index contributed by atoms with van der Waals surface area (Å²) < 4.78 is 0. The molecular formula is C13H14. The summed E-state index contributed by atoms with van der Waals surface area (Å²) in [5.74, 6) is 0. The molecule has 0 radical (unpaired) electrons. The minimum Gasteiger partial charge on any atom is -0.0985 e. The maximum Gasteiger partial charge on any atom is -0.0221 e. The maximum atomic E-state index is 3.75. The van der Waals surface area contributed by atoms with Crippen molar-refractivity contribution in [2.45, 2.75) is 6.92 Å². The second-order valence-electron chi connectivity index (χ2n) is 2.85. The van der Waals surface area contributed by atoms with E-state index in [1.807, 2.05) is 30.4 Å². The third-order valence-corrected chi connectivity index (χ3v) is 2.08. The van der Waals surface area contributed by atoms with E-state index in [9.17, 15) is 0 Å². The van der Waals surface area contributed by atoms with Crippen molar-refractivity contribution < 1.29 is 0 Å². The molecule has 0 aliphatic carbocycles. The van der Waals surface area contributed by atoms with Gasteiger partial charge in [0.25, 0.3) is 0 Å². The molecule has 0 aliphatic rings. The zero-order valence-corrected chi connectivity index (χ0v) is 7.96. The highest BCUT2D eigenvalue weighted by Gasteiger charge is 1.96. The SMILES string of the molecule is C=CC(C=C)=C(C)c1ccccc1. The smallest absolute Gasteiger partial charge is 0.0221 e. The number of hydrogen-bond donors (Lipinski definition) is 0. The lowest BCUT2D eigenvalue weighted by atomic mass is 10.0.